The summed E-state index contributed by atoms with van der Waals surface area (Å²) in [5, 5.41) is 0. The molecule has 81 valence electrons. The zero-order valence-electron chi connectivity index (χ0n) is 7.67. The first-order valence-electron chi connectivity index (χ1n) is 4.10. The van der Waals surface area contributed by atoms with Crippen molar-refractivity contribution in [1.29, 1.82) is 0 Å². The lowest BCUT2D eigenvalue weighted by Crippen LogP contribution is -2.17. The number of hydrogen-bond donors (Lipinski definition) is 0. The van der Waals surface area contributed by atoms with Gasteiger partial charge in [0.1, 0.15) is 5.75 Å². The molecule has 0 bridgehead atoms. The number of benzene rings is 1. The molecule has 0 unspecified atom stereocenters. The molecule has 0 saturated carbocycles. The highest BCUT2D eigenvalue weighted by atomic mass is 19.4. The van der Waals surface area contributed by atoms with Crippen LogP contribution in [0, 0.1) is 6.92 Å². The Morgan fingerprint density at radius 3 is 2.60 bits per heavy atom. The molecule has 2 nitrogen and oxygen atoms in total. The van der Waals surface area contributed by atoms with Gasteiger partial charge in [0.25, 0.3) is 0 Å². The highest BCUT2D eigenvalue weighted by molar-refractivity contribution is 5.96. The summed E-state index contributed by atoms with van der Waals surface area (Å²) in [6.07, 6.45) is -4.75. The summed E-state index contributed by atoms with van der Waals surface area (Å²) < 4.78 is 39.2. The van der Waals surface area contributed by atoms with Gasteiger partial charge in [-0.15, -0.1) is 13.2 Å². The maximum absolute atomic E-state index is 11.8. The van der Waals surface area contributed by atoms with Crippen LogP contribution in [0.5, 0.6) is 5.75 Å². The van der Waals surface area contributed by atoms with E-state index >= 15 is 0 Å². The monoisotopic (exact) mass is 217 g/mol. The van der Waals surface area contributed by atoms with Gasteiger partial charge in [-0.25, -0.2) is 0 Å². The zero-order valence-corrected chi connectivity index (χ0v) is 7.67. The molecule has 1 aromatic carbocycles. The summed E-state index contributed by atoms with van der Waals surface area (Å²) in [6, 6.07) is 4.91. The van der Waals surface area contributed by atoms with Gasteiger partial charge in [0.15, 0.2) is 5.78 Å². The second kappa shape index (κ2) is 4.33. The molecular weight excluding hydrogens is 209 g/mol. The number of alkyl halides is 3. The van der Waals surface area contributed by atoms with Crippen LogP contribution >= 0.6 is 0 Å². The number of rotatable bonds is 3. The van der Waals surface area contributed by atoms with Gasteiger partial charge in [-0.3, -0.25) is 4.79 Å². The van der Waals surface area contributed by atoms with E-state index in [1.54, 1.807) is 0 Å². The maximum atomic E-state index is 11.8. The lowest BCUT2D eigenvalue weighted by atomic mass is 10.1. The summed E-state index contributed by atoms with van der Waals surface area (Å²) in [6.45, 7) is 3.35. The highest BCUT2D eigenvalue weighted by Crippen LogP contribution is 2.23. The normalized spacial score (nSPS) is 11.2. The molecule has 0 aliphatic heterocycles. The molecule has 1 rings (SSSR count). The van der Waals surface area contributed by atoms with Crippen molar-refractivity contribution in [3.8, 4) is 5.75 Å². The van der Waals surface area contributed by atoms with Crippen molar-refractivity contribution in [2.24, 2.45) is 0 Å². The van der Waals surface area contributed by atoms with Crippen LogP contribution in [-0.2, 0) is 0 Å². The first-order chi connectivity index (χ1) is 6.92. The van der Waals surface area contributed by atoms with Gasteiger partial charge in [-0.05, 0) is 19.1 Å². The molecular formula is C10H8F3O2. The topological polar surface area (TPSA) is 26.3 Å². The highest BCUT2D eigenvalue weighted by Gasteiger charge is 2.31. The largest absolute Gasteiger partial charge is 0.573 e. The van der Waals surface area contributed by atoms with Crippen LogP contribution in [0.3, 0.4) is 0 Å². The fraction of sp³-hybridized carbons (Fsp3) is 0.200. The van der Waals surface area contributed by atoms with E-state index in [9.17, 15) is 18.0 Å². The average molecular weight is 217 g/mol. The molecule has 5 heteroatoms. The average Bonchev–Trinajstić information content (AvgIpc) is 2.14. The molecule has 0 aromatic heterocycles. The van der Waals surface area contributed by atoms with Crippen molar-refractivity contribution in [3.05, 3.63) is 36.8 Å². The molecule has 0 spiro atoms. The number of ether oxygens (including phenoxy) is 1. The van der Waals surface area contributed by atoms with Crippen LogP contribution in [-0.4, -0.2) is 12.1 Å². The van der Waals surface area contributed by atoms with E-state index in [0.29, 0.717) is 0 Å². The maximum Gasteiger partial charge on any atom is 0.573 e. The lowest BCUT2D eigenvalue weighted by molar-refractivity contribution is -0.274. The molecule has 1 radical (unpaired) electrons. The number of carbonyl (C=O) groups excluding carboxylic acids is 1. The fourth-order valence-electron chi connectivity index (χ4n) is 1.01. The van der Waals surface area contributed by atoms with E-state index < -0.39 is 12.1 Å². The van der Waals surface area contributed by atoms with Crippen LogP contribution in [0.25, 0.3) is 0 Å². The minimum absolute atomic E-state index is 0.00449. The Hall–Kier alpha value is -1.52. The summed E-state index contributed by atoms with van der Waals surface area (Å²) in [5.41, 5.74) is 0.159. The molecule has 0 aliphatic carbocycles. The number of carbonyl (C=O) groups is 1. The molecule has 15 heavy (non-hydrogen) atoms. The molecule has 0 aliphatic rings. The Morgan fingerprint density at radius 2 is 2.07 bits per heavy atom. The van der Waals surface area contributed by atoms with Crippen molar-refractivity contribution in [1.82, 2.24) is 0 Å². The predicted molar refractivity (Wildman–Crippen MR) is 47.4 cm³/mol. The number of Topliss-reactive ketones (excluding diaryl/α,β-unsaturated/α-hetero) is 1. The van der Waals surface area contributed by atoms with E-state index in [2.05, 4.69) is 11.7 Å². The van der Waals surface area contributed by atoms with Crippen molar-refractivity contribution < 1.29 is 22.7 Å². The minimum Gasteiger partial charge on any atom is -0.406 e. The van der Waals surface area contributed by atoms with E-state index in [-0.39, 0.29) is 17.8 Å². The SMILES string of the molecule is [CH2]CC(=O)c1cccc(OC(F)(F)F)c1. The van der Waals surface area contributed by atoms with Crippen molar-refractivity contribution >= 4 is 5.78 Å². The molecule has 0 fully saturated rings. The molecule has 0 N–H and O–H groups in total. The van der Waals surface area contributed by atoms with E-state index in [1.165, 1.54) is 12.1 Å². The van der Waals surface area contributed by atoms with Gasteiger partial charge < -0.3 is 4.74 Å². The molecule has 0 heterocycles. The fourth-order valence-corrected chi connectivity index (χ4v) is 1.01. The van der Waals surface area contributed by atoms with Crippen LogP contribution in [0.1, 0.15) is 16.8 Å². The predicted octanol–water partition coefficient (Wildman–Crippen LogP) is 2.99. The third-order valence-electron chi connectivity index (χ3n) is 1.62. The summed E-state index contributed by atoms with van der Waals surface area (Å²) in [4.78, 5) is 11.1. The smallest absolute Gasteiger partial charge is 0.406 e. The van der Waals surface area contributed by atoms with Gasteiger partial charge in [-0.2, -0.15) is 0 Å². The van der Waals surface area contributed by atoms with E-state index in [1.807, 2.05) is 0 Å². The summed E-state index contributed by atoms with van der Waals surface area (Å²) >= 11 is 0. The Bertz CT molecular complexity index is 358. The second-order valence-electron chi connectivity index (χ2n) is 2.75. The minimum atomic E-state index is -4.74. The van der Waals surface area contributed by atoms with Gasteiger partial charge in [-0.1, -0.05) is 12.1 Å². The van der Waals surface area contributed by atoms with Crippen LogP contribution in [0.2, 0.25) is 0 Å². The molecule has 1 aromatic rings. The van der Waals surface area contributed by atoms with Gasteiger partial charge in [0, 0.05) is 12.0 Å². The standard InChI is InChI=1S/C10H8F3O2/c1-2-9(14)7-4-3-5-8(6-7)15-10(11,12)13/h3-6H,1-2H2. The van der Waals surface area contributed by atoms with E-state index in [4.69, 9.17) is 0 Å². The third-order valence-corrected chi connectivity index (χ3v) is 1.62. The van der Waals surface area contributed by atoms with Gasteiger partial charge in [0.05, 0.1) is 0 Å². The van der Waals surface area contributed by atoms with Crippen molar-refractivity contribution in [2.75, 3.05) is 0 Å². The number of ketones is 1. The first kappa shape index (κ1) is 11.6. The van der Waals surface area contributed by atoms with E-state index in [0.717, 1.165) is 12.1 Å². The van der Waals surface area contributed by atoms with Crippen molar-refractivity contribution in [2.45, 2.75) is 12.8 Å². The Kier molecular flexibility index (Phi) is 3.34. The Morgan fingerprint density at radius 1 is 1.40 bits per heavy atom. The summed E-state index contributed by atoms with van der Waals surface area (Å²) in [5.74, 6) is -0.732. The third kappa shape index (κ3) is 3.61. The van der Waals surface area contributed by atoms with Gasteiger partial charge >= 0.3 is 6.36 Å². The van der Waals surface area contributed by atoms with Gasteiger partial charge in [0.2, 0.25) is 0 Å². The quantitative estimate of drug-likeness (QED) is 0.727. The molecule has 0 saturated heterocycles. The molecule has 0 atom stereocenters. The Balaban J connectivity index is 2.88. The number of hydrogen-bond acceptors (Lipinski definition) is 2. The van der Waals surface area contributed by atoms with Crippen LogP contribution in [0.15, 0.2) is 24.3 Å². The molecule has 0 amide bonds. The van der Waals surface area contributed by atoms with Crippen molar-refractivity contribution in [3.63, 3.8) is 0 Å². The second-order valence-corrected chi connectivity index (χ2v) is 2.75. The Labute approximate surface area is 84.7 Å². The lowest BCUT2D eigenvalue weighted by Gasteiger charge is -2.09. The number of halogens is 3. The summed E-state index contributed by atoms with van der Waals surface area (Å²) in [7, 11) is 0. The zero-order chi connectivity index (χ0) is 11.5. The first-order valence-corrected chi connectivity index (χ1v) is 4.10. The van der Waals surface area contributed by atoms with Crippen LogP contribution < -0.4 is 4.74 Å². The van der Waals surface area contributed by atoms with Crippen LogP contribution in [0.4, 0.5) is 13.2 Å².